The van der Waals surface area contributed by atoms with E-state index in [2.05, 4.69) is 204 Å². The van der Waals surface area contributed by atoms with E-state index in [1.54, 1.807) is 0 Å². The van der Waals surface area contributed by atoms with Crippen molar-refractivity contribution in [3.63, 3.8) is 0 Å². The minimum atomic E-state index is 0.158. The summed E-state index contributed by atoms with van der Waals surface area (Å²) in [4.78, 5) is 4.58. The van der Waals surface area contributed by atoms with Gasteiger partial charge in [0.15, 0.2) is 0 Å². The summed E-state index contributed by atoms with van der Waals surface area (Å²) in [5.74, 6) is 0. The zero-order valence-electron chi connectivity index (χ0n) is 31.2. The van der Waals surface area contributed by atoms with Crippen molar-refractivity contribution in [2.45, 2.75) is 12.8 Å². The van der Waals surface area contributed by atoms with Crippen LogP contribution < -0.4 is 9.80 Å². The number of aliphatic hydroxyl groups excluding tert-OH is 2. The summed E-state index contributed by atoms with van der Waals surface area (Å²) in [7, 11) is 0. The predicted molar refractivity (Wildman–Crippen MR) is 234 cm³/mol. The van der Waals surface area contributed by atoms with E-state index in [1.165, 1.54) is 0 Å². The van der Waals surface area contributed by atoms with Crippen LogP contribution in [-0.2, 0) is 12.8 Å². The average Bonchev–Trinajstić information content (AvgIpc) is 3.27. The van der Waals surface area contributed by atoms with E-state index in [9.17, 15) is 10.2 Å². The maximum absolute atomic E-state index is 9.29. The molecule has 0 bridgehead atoms. The number of anilines is 6. The molecule has 0 aliphatic rings. The first kappa shape index (κ1) is 36.3. The second kappa shape index (κ2) is 17.2. The van der Waals surface area contributed by atoms with Gasteiger partial charge in [0.25, 0.3) is 0 Å². The van der Waals surface area contributed by atoms with Crippen molar-refractivity contribution in [3.8, 4) is 33.4 Å². The highest BCUT2D eigenvalue weighted by Crippen LogP contribution is 2.39. The number of hydrogen-bond acceptors (Lipinski definition) is 4. The van der Waals surface area contributed by atoms with Crippen LogP contribution in [0.15, 0.2) is 206 Å². The molecule has 4 nitrogen and oxygen atoms in total. The Labute approximate surface area is 329 Å². The van der Waals surface area contributed by atoms with Crippen LogP contribution in [0.3, 0.4) is 0 Å². The lowest BCUT2D eigenvalue weighted by Crippen LogP contribution is -2.10. The average molecular weight is 729 g/mol. The standard InChI is InChI=1S/C52H44N2O2/c55-37-35-39-11-15-41(16-12-39)43-19-27-49(28-20-43)53(47-7-3-1-4-8-47)51-31-23-45(24-32-51)46-25-33-52(34-26-46)54(48-9-5-2-6-10-48)50-29-21-44(22-30-50)42-17-13-40(14-18-42)36-38-56/h1-34,55-56H,35-38H2. The quantitative estimate of drug-likeness (QED) is 0.124. The summed E-state index contributed by atoms with van der Waals surface area (Å²) >= 11 is 0. The molecule has 0 fully saturated rings. The summed E-state index contributed by atoms with van der Waals surface area (Å²) in [6.45, 7) is 0.316. The molecule has 2 N–H and O–H groups in total. The van der Waals surface area contributed by atoms with Gasteiger partial charge in [0, 0.05) is 47.3 Å². The lowest BCUT2D eigenvalue weighted by atomic mass is 10.0. The second-order valence-electron chi connectivity index (χ2n) is 13.9. The molecule has 0 aromatic heterocycles. The summed E-state index contributed by atoms with van der Waals surface area (Å²) in [5, 5.41) is 18.6. The number of hydrogen-bond donors (Lipinski definition) is 2. The predicted octanol–water partition coefficient (Wildman–Crippen LogP) is 12.7. The van der Waals surface area contributed by atoms with E-state index < -0.39 is 0 Å². The monoisotopic (exact) mass is 728 g/mol. The highest BCUT2D eigenvalue weighted by molar-refractivity contribution is 5.82. The van der Waals surface area contributed by atoms with Gasteiger partial charge in [0.2, 0.25) is 0 Å². The van der Waals surface area contributed by atoms with E-state index in [0.29, 0.717) is 12.8 Å². The topological polar surface area (TPSA) is 46.9 Å². The first-order chi connectivity index (χ1) is 27.7. The maximum atomic E-state index is 9.29. The summed E-state index contributed by atoms with van der Waals surface area (Å²) in [6.07, 6.45) is 1.34. The van der Waals surface area contributed by atoms with Crippen molar-refractivity contribution in [1.82, 2.24) is 0 Å². The molecule has 0 saturated carbocycles. The SMILES string of the molecule is OCCc1ccc(-c2ccc(N(c3ccccc3)c3ccc(-c4ccc(N(c5ccccc5)c5ccc(-c6ccc(CCO)cc6)cc5)cc4)cc3)cc2)cc1. The van der Waals surface area contributed by atoms with E-state index >= 15 is 0 Å². The molecule has 8 rings (SSSR count). The summed E-state index contributed by atoms with van der Waals surface area (Å²) in [5.41, 5.74) is 15.7. The smallest absolute Gasteiger partial charge is 0.0471 e. The van der Waals surface area contributed by atoms with Crippen molar-refractivity contribution in [2.24, 2.45) is 0 Å². The Hall–Kier alpha value is -6.72. The maximum Gasteiger partial charge on any atom is 0.0471 e. The fourth-order valence-corrected chi connectivity index (χ4v) is 7.25. The first-order valence-electron chi connectivity index (χ1n) is 19.2. The van der Waals surface area contributed by atoms with Crippen LogP contribution in [0.4, 0.5) is 34.1 Å². The lowest BCUT2D eigenvalue weighted by Gasteiger charge is -2.26. The summed E-state index contributed by atoms with van der Waals surface area (Å²) < 4.78 is 0. The van der Waals surface area contributed by atoms with Crippen LogP contribution in [0.5, 0.6) is 0 Å². The third kappa shape index (κ3) is 8.18. The van der Waals surface area contributed by atoms with Gasteiger partial charge < -0.3 is 20.0 Å². The summed E-state index contributed by atoms with van der Waals surface area (Å²) in [6, 6.07) is 72.8. The van der Waals surface area contributed by atoms with Crippen LogP contribution in [0.2, 0.25) is 0 Å². The fraction of sp³-hybridized carbons (Fsp3) is 0.0769. The van der Waals surface area contributed by atoms with Crippen LogP contribution in [-0.4, -0.2) is 23.4 Å². The van der Waals surface area contributed by atoms with Gasteiger partial charge in [0.05, 0.1) is 0 Å². The molecule has 0 radical (unpaired) electrons. The molecule has 0 atom stereocenters. The van der Waals surface area contributed by atoms with Gasteiger partial charge in [-0.3, -0.25) is 0 Å². The molecule has 0 amide bonds. The van der Waals surface area contributed by atoms with Gasteiger partial charge in [-0.05, 0) is 130 Å². The largest absolute Gasteiger partial charge is 0.396 e. The van der Waals surface area contributed by atoms with Gasteiger partial charge >= 0.3 is 0 Å². The minimum absolute atomic E-state index is 0.158. The van der Waals surface area contributed by atoms with Gasteiger partial charge in [0.1, 0.15) is 0 Å². The Morgan fingerprint density at radius 3 is 0.696 bits per heavy atom. The number of nitrogens with zero attached hydrogens (tertiary/aromatic N) is 2. The third-order valence-electron chi connectivity index (χ3n) is 10.2. The number of aliphatic hydroxyl groups is 2. The molecule has 8 aromatic rings. The normalized spacial score (nSPS) is 11.0. The van der Waals surface area contributed by atoms with Crippen molar-refractivity contribution < 1.29 is 10.2 Å². The van der Waals surface area contributed by atoms with E-state index in [0.717, 1.165) is 78.6 Å². The van der Waals surface area contributed by atoms with Gasteiger partial charge in [-0.2, -0.15) is 0 Å². The molecule has 4 heteroatoms. The van der Waals surface area contributed by atoms with Crippen molar-refractivity contribution in [3.05, 3.63) is 217 Å². The number of benzene rings is 8. The Morgan fingerprint density at radius 2 is 0.464 bits per heavy atom. The van der Waals surface area contributed by atoms with Gasteiger partial charge in [-0.25, -0.2) is 0 Å². The number of para-hydroxylation sites is 2. The van der Waals surface area contributed by atoms with Crippen molar-refractivity contribution >= 4 is 34.1 Å². The molecule has 0 aliphatic heterocycles. The van der Waals surface area contributed by atoms with Crippen LogP contribution in [0, 0.1) is 0 Å². The molecule has 0 heterocycles. The van der Waals surface area contributed by atoms with Gasteiger partial charge in [-0.15, -0.1) is 0 Å². The molecule has 274 valence electrons. The third-order valence-corrected chi connectivity index (χ3v) is 10.2. The minimum Gasteiger partial charge on any atom is -0.396 e. The van der Waals surface area contributed by atoms with E-state index in [-0.39, 0.29) is 13.2 Å². The molecule has 0 spiro atoms. The van der Waals surface area contributed by atoms with Crippen LogP contribution in [0.1, 0.15) is 11.1 Å². The Bertz CT molecular complexity index is 2250. The van der Waals surface area contributed by atoms with E-state index in [4.69, 9.17) is 0 Å². The number of rotatable bonds is 13. The first-order valence-corrected chi connectivity index (χ1v) is 19.2. The highest BCUT2D eigenvalue weighted by atomic mass is 16.3. The molecular formula is C52H44N2O2. The molecule has 56 heavy (non-hydrogen) atoms. The molecule has 0 unspecified atom stereocenters. The Balaban J connectivity index is 1.04. The molecule has 0 saturated heterocycles. The molecule has 8 aromatic carbocycles. The van der Waals surface area contributed by atoms with Gasteiger partial charge in [-0.1, -0.05) is 133 Å². The van der Waals surface area contributed by atoms with Crippen LogP contribution >= 0.6 is 0 Å². The lowest BCUT2D eigenvalue weighted by molar-refractivity contribution is 0.299. The zero-order chi connectivity index (χ0) is 38.1. The Kier molecular flexibility index (Phi) is 11.1. The van der Waals surface area contributed by atoms with Crippen LogP contribution in [0.25, 0.3) is 33.4 Å². The second-order valence-corrected chi connectivity index (χ2v) is 13.9. The van der Waals surface area contributed by atoms with Crippen molar-refractivity contribution in [2.75, 3.05) is 23.0 Å². The molecular weight excluding hydrogens is 685 g/mol. The zero-order valence-corrected chi connectivity index (χ0v) is 31.2. The fourth-order valence-electron chi connectivity index (χ4n) is 7.25. The van der Waals surface area contributed by atoms with Crippen molar-refractivity contribution in [1.29, 1.82) is 0 Å². The molecule has 0 aliphatic carbocycles. The van der Waals surface area contributed by atoms with E-state index in [1.807, 2.05) is 12.1 Å². The Morgan fingerprint density at radius 1 is 0.250 bits per heavy atom. The highest BCUT2D eigenvalue weighted by Gasteiger charge is 2.15.